The zero-order valence-electron chi connectivity index (χ0n) is 8.91. The number of nitrogens with zero attached hydrogens (tertiary/aromatic N) is 2. The lowest BCUT2D eigenvalue weighted by Crippen LogP contribution is -2.27. The van der Waals surface area contributed by atoms with E-state index in [1.165, 1.54) is 0 Å². The summed E-state index contributed by atoms with van der Waals surface area (Å²) in [5.41, 5.74) is 5.71. The van der Waals surface area contributed by atoms with Crippen molar-refractivity contribution < 1.29 is 18.0 Å². The second kappa shape index (κ2) is 4.95. The minimum absolute atomic E-state index is 0.0263. The molecule has 1 saturated carbocycles. The van der Waals surface area contributed by atoms with Crippen molar-refractivity contribution in [2.24, 2.45) is 5.73 Å². The van der Waals surface area contributed by atoms with Crippen LogP contribution in [-0.4, -0.2) is 22.9 Å². The van der Waals surface area contributed by atoms with Gasteiger partial charge in [-0.25, -0.2) is 0 Å². The van der Waals surface area contributed by atoms with E-state index in [2.05, 4.69) is 30.6 Å². The number of aromatic nitrogens is 2. The predicted molar refractivity (Wildman–Crippen MR) is 57.6 cm³/mol. The van der Waals surface area contributed by atoms with Crippen LogP contribution in [0.4, 0.5) is 8.78 Å². The van der Waals surface area contributed by atoms with Crippen LogP contribution in [0.3, 0.4) is 0 Å². The second-order valence-electron chi connectivity index (χ2n) is 3.95. The molecule has 2 N–H and O–H groups in total. The Kier molecular flexibility index (Phi) is 3.74. The van der Waals surface area contributed by atoms with Crippen molar-refractivity contribution in [2.45, 2.75) is 36.2 Å². The first-order chi connectivity index (χ1) is 7.97. The van der Waals surface area contributed by atoms with Crippen LogP contribution in [0, 0.1) is 0 Å². The standard InChI is InChI=1S/C9H12BrF2N3O2/c10-9(11,12)8-14-7(15-17-8)6(13)4-16-5-2-1-3-5/h5-6H,1-4,13H2. The van der Waals surface area contributed by atoms with Crippen molar-refractivity contribution in [3.63, 3.8) is 0 Å². The summed E-state index contributed by atoms with van der Waals surface area (Å²) in [6.07, 6.45) is 3.42. The van der Waals surface area contributed by atoms with E-state index in [0.717, 1.165) is 19.3 Å². The van der Waals surface area contributed by atoms with E-state index in [9.17, 15) is 8.78 Å². The van der Waals surface area contributed by atoms with Gasteiger partial charge in [-0.15, -0.1) is 0 Å². The maximum Gasteiger partial charge on any atom is 0.378 e. The Morgan fingerprint density at radius 1 is 1.59 bits per heavy atom. The summed E-state index contributed by atoms with van der Waals surface area (Å²) in [5, 5.41) is 3.40. The first-order valence-corrected chi connectivity index (χ1v) is 6.04. The van der Waals surface area contributed by atoms with Crippen LogP contribution >= 0.6 is 15.9 Å². The van der Waals surface area contributed by atoms with Crippen LogP contribution in [0.5, 0.6) is 0 Å². The Hall–Kier alpha value is -0.600. The number of hydrogen-bond donors (Lipinski definition) is 1. The van der Waals surface area contributed by atoms with Gasteiger partial charge < -0.3 is 15.0 Å². The van der Waals surface area contributed by atoms with Gasteiger partial charge in [0, 0.05) is 15.9 Å². The van der Waals surface area contributed by atoms with E-state index < -0.39 is 16.8 Å². The van der Waals surface area contributed by atoms with Gasteiger partial charge in [-0.05, 0) is 19.3 Å². The van der Waals surface area contributed by atoms with Gasteiger partial charge in [0.15, 0.2) is 5.82 Å². The Balaban J connectivity index is 1.89. The molecule has 17 heavy (non-hydrogen) atoms. The van der Waals surface area contributed by atoms with Crippen molar-refractivity contribution in [2.75, 3.05) is 6.61 Å². The Morgan fingerprint density at radius 3 is 2.76 bits per heavy atom. The zero-order valence-corrected chi connectivity index (χ0v) is 10.5. The molecule has 1 atom stereocenters. The molecule has 1 aromatic rings. The van der Waals surface area contributed by atoms with Gasteiger partial charge >= 0.3 is 10.7 Å². The second-order valence-corrected chi connectivity index (χ2v) is 4.94. The summed E-state index contributed by atoms with van der Waals surface area (Å²) in [6.45, 7) is 0.206. The fourth-order valence-electron chi connectivity index (χ4n) is 1.35. The number of alkyl halides is 3. The maximum atomic E-state index is 12.8. The maximum absolute atomic E-state index is 12.8. The molecule has 2 rings (SSSR count). The van der Waals surface area contributed by atoms with Crippen LogP contribution < -0.4 is 5.73 Å². The summed E-state index contributed by atoms with van der Waals surface area (Å²) >= 11 is 2.13. The molecule has 1 heterocycles. The molecule has 1 aliphatic rings. The normalized spacial score (nSPS) is 19.1. The van der Waals surface area contributed by atoms with Gasteiger partial charge in [-0.1, -0.05) is 5.16 Å². The molecule has 0 saturated heterocycles. The summed E-state index contributed by atoms with van der Waals surface area (Å²) in [7, 11) is 0. The van der Waals surface area contributed by atoms with Crippen molar-refractivity contribution in [3.05, 3.63) is 11.7 Å². The zero-order chi connectivity index (χ0) is 12.5. The first-order valence-electron chi connectivity index (χ1n) is 5.25. The van der Waals surface area contributed by atoms with Crippen LogP contribution in [0.15, 0.2) is 4.52 Å². The average Bonchev–Trinajstić information content (AvgIpc) is 2.62. The molecule has 0 spiro atoms. The summed E-state index contributed by atoms with van der Waals surface area (Å²) in [5.74, 6) is -0.773. The molecule has 8 heteroatoms. The van der Waals surface area contributed by atoms with E-state index in [-0.39, 0.29) is 18.5 Å². The molecule has 1 unspecified atom stereocenters. The molecular formula is C9H12BrF2N3O2. The number of nitrogens with two attached hydrogens (primary N) is 1. The van der Waals surface area contributed by atoms with Crippen molar-refractivity contribution in [1.29, 1.82) is 0 Å². The molecule has 0 radical (unpaired) electrons. The van der Waals surface area contributed by atoms with Crippen molar-refractivity contribution in [1.82, 2.24) is 10.1 Å². The molecule has 0 aromatic carbocycles. The lowest BCUT2D eigenvalue weighted by atomic mass is 9.96. The van der Waals surface area contributed by atoms with Crippen LogP contribution in [-0.2, 0) is 9.57 Å². The summed E-state index contributed by atoms with van der Waals surface area (Å²) in [6, 6.07) is -0.650. The number of halogens is 3. The third-order valence-corrected chi connectivity index (χ3v) is 2.92. The summed E-state index contributed by atoms with van der Waals surface area (Å²) < 4.78 is 35.4. The van der Waals surface area contributed by atoms with Crippen molar-refractivity contribution >= 4 is 15.9 Å². The highest BCUT2D eigenvalue weighted by atomic mass is 79.9. The molecule has 0 aliphatic heterocycles. The fourth-order valence-corrected chi connectivity index (χ4v) is 1.51. The third kappa shape index (κ3) is 3.20. The van der Waals surface area contributed by atoms with E-state index in [0.29, 0.717) is 0 Å². The molecule has 96 valence electrons. The highest BCUT2D eigenvalue weighted by Crippen LogP contribution is 2.33. The highest BCUT2D eigenvalue weighted by Gasteiger charge is 2.35. The van der Waals surface area contributed by atoms with Gasteiger partial charge in [0.05, 0.1) is 18.8 Å². The molecular weight excluding hydrogens is 300 g/mol. The van der Waals surface area contributed by atoms with Gasteiger partial charge in [-0.2, -0.15) is 13.8 Å². The Labute approximate surface area is 105 Å². The SMILES string of the molecule is NC(COC1CCC1)c1noc(C(F)(F)Br)n1. The minimum atomic E-state index is -3.33. The average molecular weight is 312 g/mol. The van der Waals surface area contributed by atoms with Gasteiger partial charge in [0.25, 0.3) is 0 Å². The van der Waals surface area contributed by atoms with E-state index in [1.807, 2.05) is 0 Å². The molecule has 0 amide bonds. The lowest BCUT2D eigenvalue weighted by molar-refractivity contribution is -0.00549. The van der Waals surface area contributed by atoms with Crippen LogP contribution in [0.1, 0.15) is 37.0 Å². The van der Waals surface area contributed by atoms with E-state index in [1.54, 1.807) is 0 Å². The van der Waals surface area contributed by atoms with Gasteiger partial charge in [-0.3, -0.25) is 0 Å². The Morgan fingerprint density at radius 2 is 2.29 bits per heavy atom. The number of rotatable bonds is 5. The number of ether oxygens (including phenoxy) is 1. The molecule has 0 bridgehead atoms. The molecule has 1 fully saturated rings. The van der Waals surface area contributed by atoms with Crippen LogP contribution in [0.25, 0.3) is 0 Å². The van der Waals surface area contributed by atoms with Crippen molar-refractivity contribution in [3.8, 4) is 0 Å². The third-order valence-electron chi connectivity index (χ3n) is 2.58. The quantitative estimate of drug-likeness (QED) is 0.843. The Bertz CT molecular complexity index is 379. The predicted octanol–water partition coefficient (Wildman–Crippen LogP) is 2.08. The van der Waals surface area contributed by atoms with Crippen LogP contribution in [0.2, 0.25) is 0 Å². The summed E-state index contributed by atoms with van der Waals surface area (Å²) in [4.78, 5) is 0.197. The smallest absolute Gasteiger partial charge is 0.376 e. The lowest BCUT2D eigenvalue weighted by Gasteiger charge is -2.26. The monoisotopic (exact) mass is 311 g/mol. The van der Waals surface area contributed by atoms with Gasteiger partial charge in [0.2, 0.25) is 0 Å². The molecule has 1 aromatic heterocycles. The minimum Gasteiger partial charge on any atom is -0.376 e. The molecule has 5 nitrogen and oxygen atoms in total. The van der Waals surface area contributed by atoms with E-state index in [4.69, 9.17) is 10.5 Å². The molecule has 1 aliphatic carbocycles. The largest absolute Gasteiger partial charge is 0.378 e. The fraction of sp³-hybridized carbons (Fsp3) is 0.778. The van der Waals surface area contributed by atoms with E-state index >= 15 is 0 Å². The highest BCUT2D eigenvalue weighted by molar-refractivity contribution is 9.09. The first kappa shape index (κ1) is 12.8. The number of hydrogen-bond acceptors (Lipinski definition) is 5. The topological polar surface area (TPSA) is 74.2 Å². The van der Waals surface area contributed by atoms with Gasteiger partial charge in [0.1, 0.15) is 0 Å².